The van der Waals surface area contributed by atoms with Gasteiger partial charge in [0.2, 0.25) is 17.8 Å². The molecule has 2 aliphatic rings. The first kappa shape index (κ1) is 25.5. The quantitative estimate of drug-likeness (QED) is 0.187. The van der Waals surface area contributed by atoms with Gasteiger partial charge in [0.1, 0.15) is 0 Å². The molecular formula is C33H36N8. The maximum Gasteiger partial charge on any atom is 0.250 e. The van der Waals surface area contributed by atoms with Crippen LogP contribution in [0.4, 0.5) is 17.8 Å². The van der Waals surface area contributed by atoms with Crippen molar-refractivity contribution in [2.24, 2.45) is 5.10 Å². The molecule has 0 atom stereocenters. The molecule has 2 fully saturated rings. The molecule has 0 bridgehead atoms. The highest BCUT2D eigenvalue weighted by Crippen LogP contribution is 2.26. The number of benzene rings is 3. The van der Waals surface area contributed by atoms with Crippen molar-refractivity contribution in [3.63, 3.8) is 0 Å². The van der Waals surface area contributed by atoms with Crippen LogP contribution in [-0.2, 0) is 6.54 Å². The molecule has 0 amide bonds. The van der Waals surface area contributed by atoms with E-state index in [4.69, 9.17) is 15.0 Å². The van der Waals surface area contributed by atoms with E-state index >= 15 is 0 Å². The predicted octanol–water partition coefficient (Wildman–Crippen LogP) is 6.45. The first-order chi connectivity index (χ1) is 20.3. The van der Waals surface area contributed by atoms with Crippen LogP contribution in [0.25, 0.3) is 21.7 Å². The van der Waals surface area contributed by atoms with Gasteiger partial charge in [0.25, 0.3) is 0 Å². The number of aromatic nitrogens is 4. The number of hydrogen-bond acceptors (Lipinski definition) is 7. The van der Waals surface area contributed by atoms with E-state index in [0.29, 0.717) is 5.95 Å². The number of nitrogens with zero attached hydrogens (tertiary/aromatic N) is 7. The van der Waals surface area contributed by atoms with Gasteiger partial charge in [-0.3, -0.25) is 0 Å². The van der Waals surface area contributed by atoms with Gasteiger partial charge >= 0.3 is 0 Å². The predicted molar refractivity (Wildman–Crippen MR) is 168 cm³/mol. The summed E-state index contributed by atoms with van der Waals surface area (Å²) in [6.07, 6.45) is 11.3. The lowest BCUT2D eigenvalue weighted by atomic mass is 10.0. The van der Waals surface area contributed by atoms with E-state index in [2.05, 4.69) is 97.8 Å². The zero-order chi connectivity index (χ0) is 27.4. The average Bonchev–Trinajstić information content (AvgIpc) is 3.39. The smallest absolute Gasteiger partial charge is 0.250 e. The van der Waals surface area contributed by atoms with Crippen molar-refractivity contribution in [1.82, 2.24) is 19.5 Å². The van der Waals surface area contributed by atoms with E-state index in [0.717, 1.165) is 55.6 Å². The summed E-state index contributed by atoms with van der Waals surface area (Å²) in [6.45, 7) is 4.74. The molecule has 1 N–H and O–H groups in total. The standard InChI is InChI=1S/C33H36N8/c1-7-18-39(19-8-1)32-35-31(36-33(37-32)40-20-9-2-10-21-40)38-34-22-27-24-41(30-17-6-5-16-29(27)30)23-26-14-11-13-25-12-3-4-15-28(25)26/h3-6,11-17,22,24H,1-2,7-10,18-21,23H2,(H,35,36,37,38)/b34-22+. The molecule has 7 rings (SSSR count). The van der Waals surface area contributed by atoms with E-state index in [1.807, 2.05) is 6.21 Å². The van der Waals surface area contributed by atoms with Crippen LogP contribution >= 0.6 is 0 Å². The van der Waals surface area contributed by atoms with Gasteiger partial charge in [0.05, 0.1) is 6.21 Å². The highest BCUT2D eigenvalue weighted by molar-refractivity contribution is 5.99. The molecule has 0 radical (unpaired) electrons. The lowest BCUT2D eigenvalue weighted by molar-refractivity contribution is 0.556. The Labute approximate surface area is 240 Å². The Morgan fingerprint density at radius 2 is 1.32 bits per heavy atom. The molecule has 8 nitrogen and oxygen atoms in total. The number of piperidine rings is 2. The summed E-state index contributed by atoms with van der Waals surface area (Å²) in [4.78, 5) is 19.0. The number of hydrogen-bond donors (Lipinski definition) is 1. The molecule has 0 unspecified atom stereocenters. The van der Waals surface area contributed by atoms with Gasteiger partial charge in [-0.2, -0.15) is 20.1 Å². The minimum absolute atomic E-state index is 0.497. The van der Waals surface area contributed by atoms with Crippen molar-refractivity contribution in [3.05, 3.63) is 84.1 Å². The molecule has 0 spiro atoms. The third-order valence-corrected chi connectivity index (χ3v) is 8.30. The summed E-state index contributed by atoms with van der Waals surface area (Å²) in [7, 11) is 0. The number of anilines is 3. The molecule has 2 aromatic heterocycles. The maximum atomic E-state index is 4.89. The van der Waals surface area contributed by atoms with Gasteiger partial charge in [-0.1, -0.05) is 60.7 Å². The number of para-hydroxylation sites is 1. The molecule has 8 heteroatoms. The summed E-state index contributed by atoms with van der Waals surface area (Å²) < 4.78 is 2.31. The Kier molecular flexibility index (Phi) is 7.20. The van der Waals surface area contributed by atoms with Gasteiger partial charge in [0, 0.05) is 55.4 Å². The monoisotopic (exact) mass is 544 g/mol. The Morgan fingerprint density at radius 3 is 2.05 bits per heavy atom. The molecule has 2 saturated heterocycles. The van der Waals surface area contributed by atoms with Crippen molar-refractivity contribution >= 4 is 45.7 Å². The van der Waals surface area contributed by atoms with E-state index in [1.54, 1.807) is 0 Å². The van der Waals surface area contributed by atoms with Crippen molar-refractivity contribution in [2.45, 2.75) is 45.1 Å². The van der Waals surface area contributed by atoms with Crippen LogP contribution in [0.15, 0.2) is 78.0 Å². The number of rotatable bonds is 7. The van der Waals surface area contributed by atoms with Crippen molar-refractivity contribution in [1.29, 1.82) is 0 Å². The van der Waals surface area contributed by atoms with Gasteiger partial charge in [-0.05, 0) is 60.9 Å². The Morgan fingerprint density at radius 1 is 0.683 bits per heavy atom. The van der Waals surface area contributed by atoms with E-state index in [9.17, 15) is 0 Å². The molecule has 4 heterocycles. The van der Waals surface area contributed by atoms with Crippen molar-refractivity contribution in [2.75, 3.05) is 41.4 Å². The molecule has 0 aliphatic carbocycles. The highest BCUT2D eigenvalue weighted by Gasteiger charge is 2.20. The fourth-order valence-electron chi connectivity index (χ4n) is 6.16. The van der Waals surface area contributed by atoms with Crippen LogP contribution < -0.4 is 15.2 Å². The molecular weight excluding hydrogens is 508 g/mol. The first-order valence-corrected chi connectivity index (χ1v) is 14.9. The second-order valence-corrected chi connectivity index (χ2v) is 11.1. The van der Waals surface area contributed by atoms with Crippen LogP contribution in [-0.4, -0.2) is 51.9 Å². The summed E-state index contributed by atoms with van der Waals surface area (Å²) in [6, 6.07) is 23.6. The van der Waals surface area contributed by atoms with Gasteiger partial charge in [-0.25, -0.2) is 5.43 Å². The fraction of sp³-hybridized carbons (Fsp3) is 0.333. The molecule has 2 aliphatic heterocycles. The number of nitrogens with one attached hydrogen (secondary N) is 1. The van der Waals surface area contributed by atoms with Crippen LogP contribution in [0.3, 0.4) is 0 Å². The molecule has 5 aromatic rings. The molecule has 3 aromatic carbocycles. The number of hydrazone groups is 1. The lowest BCUT2D eigenvalue weighted by Crippen LogP contribution is -2.34. The van der Waals surface area contributed by atoms with E-state index < -0.39 is 0 Å². The Bertz CT molecular complexity index is 1640. The molecule has 41 heavy (non-hydrogen) atoms. The maximum absolute atomic E-state index is 4.89. The Balaban J connectivity index is 1.17. The second-order valence-electron chi connectivity index (χ2n) is 11.1. The normalized spacial score (nSPS) is 16.2. The fourth-order valence-corrected chi connectivity index (χ4v) is 6.16. The van der Waals surface area contributed by atoms with Crippen LogP contribution in [0.1, 0.15) is 49.7 Å². The summed E-state index contributed by atoms with van der Waals surface area (Å²) >= 11 is 0. The topological polar surface area (TPSA) is 74.5 Å². The van der Waals surface area contributed by atoms with Gasteiger partial charge in [0.15, 0.2) is 0 Å². The van der Waals surface area contributed by atoms with E-state index in [1.165, 1.54) is 60.4 Å². The Hall–Kier alpha value is -4.46. The summed E-state index contributed by atoms with van der Waals surface area (Å²) in [5.41, 5.74) is 6.68. The third kappa shape index (κ3) is 5.46. The average molecular weight is 545 g/mol. The van der Waals surface area contributed by atoms with Crippen LogP contribution in [0, 0.1) is 0 Å². The summed E-state index contributed by atoms with van der Waals surface area (Å²) in [5.74, 6) is 2.01. The van der Waals surface area contributed by atoms with Crippen LogP contribution in [0.2, 0.25) is 0 Å². The number of fused-ring (bicyclic) bond motifs is 2. The molecule has 208 valence electrons. The van der Waals surface area contributed by atoms with E-state index in [-0.39, 0.29) is 0 Å². The third-order valence-electron chi connectivity index (χ3n) is 8.30. The first-order valence-electron chi connectivity index (χ1n) is 14.9. The zero-order valence-electron chi connectivity index (χ0n) is 23.4. The minimum Gasteiger partial charge on any atom is -0.342 e. The lowest BCUT2D eigenvalue weighted by Gasteiger charge is -2.30. The highest BCUT2D eigenvalue weighted by atomic mass is 15.4. The van der Waals surface area contributed by atoms with Crippen molar-refractivity contribution < 1.29 is 0 Å². The molecule has 0 saturated carbocycles. The minimum atomic E-state index is 0.497. The van der Waals surface area contributed by atoms with Crippen molar-refractivity contribution in [3.8, 4) is 0 Å². The van der Waals surface area contributed by atoms with Gasteiger partial charge in [-0.15, -0.1) is 0 Å². The zero-order valence-corrected chi connectivity index (χ0v) is 23.4. The SMILES string of the molecule is C(=N\Nc1nc(N2CCCCC2)nc(N2CCCCC2)n1)/c1cn(Cc2cccc3ccccc23)c2ccccc12. The summed E-state index contributed by atoms with van der Waals surface area (Å²) in [5, 5.41) is 8.34. The largest absolute Gasteiger partial charge is 0.342 e. The second kappa shape index (κ2) is 11.6. The van der Waals surface area contributed by atoms with Gasteiger partial charge < -0.3 is 14.4 Å². The van der Waals surface area contributed by atoms with Crippen LogP contribution in [0.5, 0.6) is 0 Å².